The molecule has 3 heterocycles. The molecule has 0 radical (unpaired) electrons. The molecule has 1 unspecified atom stereocenters. The van der Waals surface area contributed by atoms with Crippen LogP contribution >= 0.6 is 0 Å². The molecule has 0 aromatic carbocycles. The first-order chi connectivity index (χ1) is 9.59. The molecule has 102 valence electrons. The highest BCUT2D eigenvalue weighted by atomic mass is 16.5. The van der Waals surface area contributed by atoms with Crippen molar-refractivity contribution in [2.45, 2.75) is 0 Å². The summed E-state index contributed by atoms with van der Waals surface area (Å²) in [5, 5.41) is 17.3. The molecule has 0 bridgehead atoms. The summed E-state index contributed by atoms with van der Waals surface area (Å²) in [6.07, 6.45) is 2.89. The van der Waals surface area contributed by atoms with Gasteiger partial charge in [-0.15, -0.1) is 0 Å². The van der Waals surface area contributed by atoms with Crippen LogP contribution in [0.5, 0.6) is 0 Å². The fraction of sp³-hybridized carbons (Fsp3) is 0.333. The van der Waals surface area contributed by atoms with E-state index in [0.717, 1.165) is 0 Å². The largest absolute Gasteiger partial charge is 0.462 e. The van der Waals surface area contributed by atoms with E-state index in [-0.39, 0.29) is 36.4 Å². The van der Waals surface area contributed by atoms with Crippen LogP contribution in [0.4, 0.5) is 0 Å². The molecule has 1 spiro atoms. The summed E-state index contributed by atoms with van der Waals surface area (Å²) >= 11 is 0. The molecule has 3 rings (SSSR count). The Balaban J connectivity index is 2.06. The van der Waals surface area contributed by atoms with Crippen LogP contribution in [0.25, 0.3) is 0 Å². The topological polar surface area (TPSA) is 125 Å². The number of nitrogens with zero attached hydrogens (tertiary/aromatic N) is 3. The van der Waals surface area contributed by atoms with Crippen LogP contribution in [-0.4, -0.2) is 42.3 Å². The molecular weight excluding hydrogens is 262 g/mol. The second-order valence-corrected chi connectivity index (χ2v) is 4.51. The van der Waals surface area contributed by atoms with Crippen molar-refractivity contribution in [3.05, 3.63) is 23.7 Å². The first kappa shape index (κ1) is 12.2. The van der Waals surface area contributed by atoms with E-state index in [9.17, 15) is 10.1 Å². The van der Waals surface area contributed by atoms with Crippen molar-refractivity contribution in [2.75, 3.05) is 19.7 Å². The average molecular weight is 273 g/mol. The number of carbonyl (C=O) groups is 1. The smallest absolute Gasteiger partial charge is 0.325 e. The van der Waals surface area contributed by atoms with E-state index < -0.39 is 5.41 Å². The predicted octanol–water partition coefficient (Wildman–Crippen LogP) is -0.541. The number of hydrogen-bond donors (Lipinski definition) is 2. The predicted molar refractivity (Wildman–Crippen MR) is 67.2 cm³/mol. The number of nitrogens with two attached hydrogens (primary N) is 1. The number of hydrogen-bond acceptors (Lipinski definition) is 8. The van der Waals surface area contributed by atoms with Gasteiger partial charge in [0.2, 0.25) is 5.90 Å². The highest BCUT2D eigenvalue weighted by molar-refractivity contribution is 6.16. The van der Waals surface area contributed by atoms with Crippen molar-refractivity contribution >= 4 is 17.7 Å². The Morgan fingerprint density at radius 1 is 1.60 bits per heavy atom. The van der Waals surface area contributed by atoms with Gasteiger partial charge in [-0.25, -0.2) is 4.99 Å². The van der Waals surface area contributed by atoms with Crippen LogP contribution in [0.2, 0.25) is 0 Å². The summed E-state index contributed by atoms with van der Waals surface area (Å²) in [7, 11) is 0. The van der Waals surface area contributed by atoms with Crippen molar-refractivity contribution in [1.29, 1.82) is 10.7 Å². The molecule has 3 aliphatic rings. The van der Waals surface area contributed by atoms with Crippen LogP contribution < -0.4 is 5.73 Å². The standard InChI is InChI=1S/C12H11N5O3/c13-5-7-9(14)16-11(12(7)1-3-20-10(12)15)17-2-4-19-8(18)6-17/h1,3,15H,2,4,6,14H2. The van der Waals surface area contributed by atoms with Gasteiger partial charge in [-0.3, -0.25) is 10.2 Å². The quantitative estimate of drug-likeness (QED) is 0.571. The number of cyclic esters (lactones) is 1. The van der Waals surface area contributed by atoms with Gasteiger partial charge in [0.15, 0.2) is 5.41 Å². The zero-order valence-corrected chi connectivity index (χ0v) is 10.4. The number of aliphatic imine (C=N–C) groups is 1. The van der Waals surface area contributed by atoms with E-state index in [1.54, 1.807) is 11.0 Å². The lowest BCUT2D eigenvalue weighted by atomic mass is 9.80. The number of esters is 1. The van der Waals surface area contributed by atoms with E-state index in [0.29, 0.717) is 12.4 Å². The monoisotopic (exact) mass is 273 g/mol. The van der Waals surface area contributed by atoms with Gasteiger partial charge in [0.05, 0.1) is 18.4 Å². The molecule has 8 heteroatoms. The van der Waals surface area contributed by atoms with E-state index in [2.05, 4.69) is 4.99 Å². The number of morpholine rings is 1. The van der Waals surface area contributed by atoms with Gasteiger partial charge in [0.1, 0.15) is 30.9 Å². The summed E-state index contributed by atoms with van der Waals surface area (Å²) < 4.78 is 9.93. The van der Waals surface area contributed by atoms with Crippen molar-refractivity contribution in [3.63, 3.8) is 0 Å². The fourth-order valence-electron chi connectivity index (χ4n) is 2.51. The highest BCUT2D eigenvalue weighted by Crippen LogP contribution is 2.43. The Morgan fingerprint density at radius 3 is 3.00 bits per heavy atom. The minimum atomic E-state index is -1.21. The van der Waals surface area contributed by atoms with Gasteiger partial charge in [0, 0.05) is 0 Å². The zero-order valence-electron chi connectivity index (χ0n) is 10.4. The normalized spacial score (nSPS) is 28.6. The van der Waals surface area contributed by atoms with Crippen molar-refractivity contribution in [2.24, 2.45) is 16.1 Å². The maximum atomic E-state index is 11.4. The molecular formula is C12H11N5O3. The lowest BCUT2D eigenvalue weighted by molar-refractivity contribution is -0.148. The second-order valence-electron chi connectivity index (χ2n) is 4.51. The van der Waals surface area contributed by atoms with Gasteiger partial charge in [0.25, 0.3) is 0 Å². The Morgan fingerprint density at radius 2 is 2.40 bits per heavy atom. The zero-order chi connectivity index (χ0) is 14.3. The van der Waals surface area contributed by atoms with Crippen LogP contribution in [-0.2, 0) is 14.3 Å². The van der Waals surface area contributed by atoms with Crippen molar-refractivity contribution in [1.82, 2.24) is 4.90 Å². The third-order valence-electron chi connectivity index (χ3n) is 3.45. The first-order valence-corrected chi connectivity index (χ1v) is 5.93. The molecule has 0 aliphatic carbocycles. The Bertz CT molecular complexity index is 642. The number of rotatable bonds is 0. The number of amidine groups is 1. The molecule has 8 nitrogen and oxygen atoms in total. The lowest BCUT2D eigenvalue weighted by Crippen LogP contribution is -2.51. The summed E-state index contributed by atoms with van der Waals surface area (Å²) in [6.45, 7) is 0.667. The molecule has 3 N–H and O–H groups in total. The minimum Gasteiger partial charge on any atom is -0.462 e. The third-order valence-corrected chi connectivity index (χ3v) is 3.45. The molecule has 1 saturated heterocycles. The molecule has 3 aliphatic heterocycles. The highest BCUT2D eigenvalue weighted by Gasteiger charge is 2.54. The SMILES string of the molecule is N#CC1=C(N)N=C(N2CCOC(=O)C2)C12C=COC2=N. The summed E-state index contributed by atoms with van der Waals surface area (Å²) in [5.41, 5.74) is 4.71. The third kappa shape index (κ3) is 1.43. The van der Waals surface area contributed by atoms with Gasteiger partial charge in [-0.05, 0) is 6.08 Å². The molecule has 1 atom stereocenters. The fourth-order valence-corrected chi connectivity index (χ4v) is 2.51. The van der Waals surface area contributed by atoms with Crippen LogP contribution in [0.15, 0.2) is 28.7 Å². The van der Waals surface area contributed by atoms with Crippen molar-refractivity contribution < 1.29 is 14.3 Å². The Hall–Kier alpha value is -2.82. The number of nitrogens with one attached hydrogen (secondary N) is 1. The van der Waals surface area contributed by atoms with E-state index in [4.69, 9.17) is 20.6 Å². The molecule has 0 saturated carbocycles. The summed E-state index contributed by atoms with van der Waals surface area (Å²) in [5.74, 6) is -0.122. The van der Waals surface area contributed by atoms with Gasteiger partial charge < -0.3 is 20.1 Å². The van der Waals surface area contributed by atoms with Gasteiger partial charge in [-0.2, -0.15) is 5.26 Å². The Kier molecular flexibility index (Phi) is 2.50. The molecule has 0 aromatic rings. The Labute approximate surface area is 114 Å². The van der Waals surface area contributed by atoms with E-state index >= 15 is 0 Å². The van der Waals surface area contributed by atoms with E-state index in [1.807, 2.05) is 6.07 Å². The van der Waals surface area contributed by atoms with Crippen LogP contribution in [0.3, 0.4) is 0 Å². The molecule has 0 amide bonds. The molecule has 20 heavy (non-hydrogen) atoms. The number of carbonyl (C=O) groups excluding carboxylic acids is 1. The molecule has 0 aromatic heterocycles. The average Bonchev–Trinajstić information content (AvgIpc) is 2.92. The van der Waals surface area contributed by atoms with Crippen molar-refractivity contribution in [3.8, 4) is 6.07 Å². The van der Waals surface area contributed by atoms with E-state index in [1.165, 1.54) is 6.26 Å². The maximum absolute atomic E-state index is 11.4. The maximum Gasteiger partial charge on any atom is 0.325 e. The summed E-state index contributed by atoms with van der Waals surface area (Å²) in [4.78, 5) is 17.3. The number of ether oxygens (including phenoxy) is 2. The second kappa shape index (κ2) is 4.09. The van der Waals surface area contributed by atoms with Gasteiger partial charge >= 0.3 is 5.97 Å². The molecule has 1 fully saturated rings. The minimum absolute atomic E-state index is 0.00763. The van der Waals surface area contributed by atoms with Crippen LogP contribution in [0, 0.1) is 22.2 Å². The first-order valence-electron chi connectivity index (χ1n) is 5.93. The number of nitriles is 1. The summed E-state index contributed by atoms with van der Waals surface area (Å²) in [6, 6.07) is 1.98. The van der Waals surface area contributed by atoms with Gasteiger partial charge in [-0.1, -0.05) is 0 Å². The lowest BCUT2D eigenvalue weighted by Gasteiger charge is -2.34. The van der Waals surface area contributed by atoms with Crippen LogP contribution in [0.1, 0.15) is 0 Å².